The van der Waals surface area contributed by atoms with E-state index < -0.39 is 0 Å². The van der Waals surface area contributed by atoms with Gasteiger partial charge in [0.1, 0.15) is 5.82 Å². The summed E-state index contributed by atoms with van der Waals surface area (Å²) >= 11 is 1.83. The van der Waals surface area contributed by atoms with Crippen LogP contribution in [0.5, 0.6) is 0 Å². The average molecular weight is 288 g/mol. The van der Waals surface area contributed by atoms with Crippen LogP contribution in [0.25, 0.3) is 0 Å². The van der Waals surface area contributed by atoms with Crippen LogP contribution in [0.1, 0.15) is 40.0 Å². The molecule has 1 fully saturated rings. The van der Waals surface area contributed by atoms with Gasteiger partial charge >= 0.3 is 0 Å². The van der Waals surface area contributed by atoms with Crippen LogP contribution in [0.4, 0.5) is 5.82 Å². The number of thiazole rings is 1. The summed E-state index contributed by atoms with van der Waals surface area (Å²) in [6, 6.07) is 0. The van der Waals surface area contributed by atoms with Gasteiger partial charge in [0.05, 0.1) is 16.4 Å². The van der Waals surface area contributed by atoms with Crippen LogP contribution < -0.4 is 4.90 Å². The third kappa shape index (κ3) is 2.68. The highest BCUT2D eigenvalue weighted by molar-refractivity contribution is 7.11. The van der Waals surface area contributed by atoms with Crippen molar-refractivity contribution in [1.29, 1.82) is 0 Å². The van der Waals surface area contributed by atoms with Crippen LogP contribution in [0, 0.1) is 20.8 Å². The zero-order valence-electron chi connectivity index (χ0n) is 12.3. The van der Waals surface area contributed by atoms with E-state index in [1.54, 1.807) is 0 Å². The van der Waals surface area contributed by atoms with Gasteiger partial charge < -0.3 is 4.90 Å². The molecule has 1 aliphatic rings. The Morgan fingerprint density at radius 3 is 2.80 bits per heavy atom. The largest absolute Gasteiger partial charge is 0.354 e. The Balaban J connectivity index is 1.83. The van der Waals surface area contributed by atoms with E-state index in [1.807, 2.05) is 37.6 Å². The van der Waals surface area contributed by atoms with Gasteiger partial charge in [0.15, 0.2) is 0 Å². The minimum absolute atomic E-state index is 0.532. The molecule has 106 valence electrons. The van der Waals surface area contributed by atoms with Crippen LogP contribution >= 0.6 is 11.3 Å². The molecular formula is C15H20N4S. The van der Waals surface area contributed by atoms with E-state index in [0.717, 1.165) is 30.3 Å². The van der Waals surface area contributed by atoms with Gasteiger partial charge in [0.2, 0.25) is 0 Å². The third-order valence-corrected chi connectivity index (χ3v) is 4.84. The minimum Gasteiger partial charge on any atom is -0.354 e. The Labute approximate surface area is 123 Å². The molecule has 0 unspecified atom stereocenters. The molecular weight excluding hydrogens is 268 g/mol. The van der Waals surface area contributed by atoms with E-state index in [9.17, 15) is 0 Å². The van der Waals surface area contributed by atoms with Crippen molar-refractivity contribution in [3.05, 3.63) is 33.7 Å². The van der Waals surface area contributed by atoms with Crippen molar-refractivity contribution in [3.63, 3.8) is 0 Å². The van der Waals surface area contributed by atoms with Gasteiger partial charge in [0, 0.05) is 36.3 Å². The van der Waals surface area contributed by atoms with Crippen molar-refractivity contribution in [3.8, 4) is 0 Å². The normalized spacial score (nSPS) is 19.4. The van der Waals surface area contributed by atoms with Crippen LogP contribution in [0.15, 0.2) is 12.4 Å². The molecule has 2 aromatic rings. The molecule has 1 saturated heterocycles. The van der Waals surface area contributed by atoms with Crippen molar-refractivity contribution >= 4 is 17.2 Å². The fourth-order valence-electron chi connectivity index (χ4n) is 2.76. The SMILES string of the molecule is Cc1cnc(C)c(N2CCC[C@H](c3ncc(C)s3)C2)n1. The van der Waals surface area contributed by atoms with Gasteiger partial charge in [-0.3, -0.25) is 4.98 Å². The maximum Gasteiger partial charge on any atom is 0.150 e. The standard InChI is InChI=1S/C15H20N4S/c1-10-7-16-12(3)14(18-10)19-6-4-5-13(9-19)15-17-8-11(2)20-15/h7-8,13H,4-6,9H2,1-3H3/t13-/m0/s1. The monoisotopic (exact) mass is 288 g/mol. The molecule has 0 radical (unpaired) electrons. The lowest BCUT2D eigenvalue weighted by Crippen LogP contribution is -2.35. The Bertz CT molecular complexity index is 608. The van der Waals surface area contributed by atoms with Gasteiger partial charge in [-0.25, -0.2) is 9.97 Å². The molecule has 3 heterocycles. The Morgan fingerprint density at radius 2 is 2.05 bits per heavy atom. The minimum atomic E-state index is 0.532. The second-order valence-electron chi connectivity index (χ2n) is 5.51. The molecule has 0 bridgehead atoms. The average Bonchev–Trinajstić information content (AvgIpc) is 2.88. The first-order valence-electron chi connectivity index (χ1n) is 7.11. The van der Waals surface area contributed by atoms with Crippen molar-refractivity contribution in [2.75, 3.05) is 18.0 Å². The lowest BCUT2D eigenvalue weighted by molar-refractivity contribution is 0.504. The summed E-state index contributed by atoms with van der Waals surface area (Å²) in [5.74, 6) is 1.58. The topological polar surface area (TPSA) is 41.9 Å². The maximum atomic E-state index is 4.68. The fraction of sp³-hybridized carbons (Fsp3) is 0.533. The zero-order valence-corrected chi connectivity index (χ0v) is 13.1. The first kappa shape index (κ1) is 13.5. The van der Waals surface area contributed by atoms with E-state index in [-0.39, 0.29) is 0 Å². The molecule has 0 aromatic carbocycles. The highest BCUT2D eigenvalue weighted by Crippen LogP contribution is 2.32. The Morgan fingerprint density at radius 1 is 1.20 bits per heavy atom. The van der Waals surface area contributed by atoms with E-state index >= 15 is 0 Å². The summed E-state index contributed by atoms with van der Waals surface area (Å²) in [6.45, 7) is 8.24. The smallest absolute Gasteiger partial charge is 0.150 e. The zero-order chi connectivity index (χ0) is 14.1. The first-order chi connectivity index (χ1) is 9.63. The van der Waals surface area contributed by atoms with E-state index in [2.05, 4.69) is 26.8 Å². The molecule has 0 N–H and O–H groups in total. The Kier molecular flexibility index (Phi) is 3.70. The fourth-order valence-corrected chi connectivity index (χ4v) is 3.66. The number of aromatic nitrogens is 3. The lowest BCUT2D eigenvalue weighted by Gasteiger charge is -2.33. The number of rotatable bonds is 2. The van der Waals surface area contributed by atoms with Crippen molar-refractivity contribution < 1.29 is 0 Å². The molecule has 4 nitrogen and oxygen atoms in total. The molecule has 20 heavy (non-hydrogen) atoms. The second kappa shape index (κ2) is 5.48. The summed E-state index contributed by atoms with van der Waals surface area (Å²) in [4.78, 5) is 17.3. The predicted molar refractivity (Wildman–Crippen MR) is 82.5 cm³/mol. The van der Waals surface area contributed by atoms with Crippen LogP contribution in [0.3, 0.4) is 0 Å². The van der Waals surface area contributed by atoms with Gasteiger partial charge in [-0.2, -0.15) is 0 Å². The number of piperidine rings is 1. The number of aryl methyl sites for hydroxylation is 3. The molecule has 3 rings (SSSR count). The van der Waals surface area contributed by atoms with Crippen molar-refractivity contribution in [2.45, 2.75) is 39.5 Å². The van der Waals surface area contributed by atoms with Crippen LogP contribution in [0.2, 0.25) is 0 Å². The van der Waals surface area contributed by atoms with E-state index in [1.165, 1.54) is 22.7 Å². The molecule has 1 atom stereocenters. The summed E-state index contributed by atoms with van der Waals surface area (Å²) in [5.41, 5.74) is 2.00. The summed E-state index contributed by atoms with van der Waals surface area (Å²) in [5, 5.41) is 1.27. The molecule has 5 heteroatoms. The molecule has 2 aromatic heterocycles. The van der Waals surface area contributed by atoms with Gasteiger partial charge in [0.25, 0.3) is 0 Å². The van der Waals surface area contributed by atoms with E-state index in [0.29, 0.717) is 5.92 Å². The first-order valence-corrected chi connectivity index (χ1v) is 7.92. The highest BCUT2D eigenvalue weighted by Gasteiger charge is 2.25. The lowest BCUT2D eigenvalue weighted by atomic mass is 9.98. The van der Waals surface area contributed by atoms with Gasteiger partial charge in [-0.05, 0) is 33.6 Å². The number of anilines is 1. The molecule has 0 amide bonds. The molecule has 1 aliphatic heterocycles. The van der Waals surface area contributed by atoms with Crippen molar-refractivity contribution in [1.82, 2.24) is 15.0 Å². The summed E-state index contributed by atoms with van der Waals surface area (Å²) in [7, 11) is 0. The predicted octanol–water partition coefficient (Wildman–Crippen LogP) is 3.24. The summed E-state index contributed by atoms with van der Waals surface area (Å²) in [6.07, 6.45) is 6.24. The molecule has 0 spiro atoms. The van der Waals surface area contributed by atoms with Crippen LogP contribution in [-0.2, 0) is 0 Å². The van der Waals surface area contributed by atoms with E-state index in [4.69, 9.17) is 0 Å². The van der Waals surface area contributed by atoms with Gasteiger partial charge in [-0.15, -0.1) is 11.3 Å². The second-order valence-corrected chi connectivity index (χ2v) is 6.78. The molecule has 0 aliphatic carbocycles. The molecule has 0 saturated carbocycles. The number of hydrogen-bond donors (Lipinski definition) is 0. The summed E-state index contributed by atoms with van der Waals surface area (Å²) < 4.78 is 0. The van der Waals surface area contributed by atoms with Crippen molar-refractivity contribution in [2.24, 2.45) is 0 Å². The third-order valence-electron chi connectivity index (χ3n) is 3.76. The Hall–Kier alpha value is -1.49. The number of nitrogens with zero attached hydrogens (tertiary/aromatic N) is 4. The van der Waals surface area contributed by atoms with Gasteiger partial charge in [-0.1, -0.05) is 0 Å². The quantitative estimate of drug-likeness (QED) is 0.850. The van der Waals surface area contributed by atoms with Crippen LogP contribution in [-0.4, -0.2) is 28.0 Å². The highest BCUT2D eigenvalue weighted by atomic mass is 32.1. The maximum absolute atomic E-state index is 4.68. The number of hydrogen-bond acceptors (Lipinski definition) is 5.